The van der Waals surface area contributed by atoms with Crippen LogP contribution in [0, 0.1) is 12.7 Å². The molecular weight excluding hydrogens is 259 g/mol. The Morgan fingerprint density at radius 3 is 2.61 bits per heavy atom. The van der Waals surface area contributed by atoms with Crippen molar-refractivity contribution in [3.05, 3.63) is 35.1 Å². The van der Waals surface area contributed by atoms with E-state index in [2.05, 4.69) is 0 Å². The topological polar surface area (TPSA) is 71.4 Å². The summed E-state index contributed by atoms with van der Waals surface area (Å²) >= 11 is 0. The smallest absolute Gasteiger partial charge is 0.304 e. The summed E-state index contributed by atoms with van der Waals surface area (Å²) in [5.41, 5.74) is 1.04. The van der Waals surface area contributed by atoms with E-state index < -0.39 is 33.3 Å². The van der Waals surface area contributed by atoms with E-state index >= 15 is 0 Å². The van der Waals surface area contributed by atoms with Crippen LogP contribution in [0.15, 0.2) is 18.2 Å². The van der Waals surface area contributed by atoms with Crippen LogP contribution in [0.5, 0.6) is 0 Å². The highest BCUT2D eigenvalue weighted by Crippen LogP contribution is 2.18. The number of benzene rings is 1. The maximum atomic E-state index is 13.0. The van der Waals surface area contributed by atoms with E-state index in [0.29, 0.717) is 11.1 Å². The van der Waals surface area contributed by atoms with Crippen LogP contribution in [0.4, 0.5) is 4.39 Å². The monoisotopic (exact) mass is 274 g/mol. The molecule has 0 bridgehead atoms. The molecule has 1 N–H and O–H groups in total. The lowest BCUT2D eigenvalue weighted by Gasteiger charge is -2.12. The van der Waals surface area contributed by atoms with Crippen LogP contribution in [-0.2, 0) is 20.4 Å². The first kappa shape index (κ1) is 14.6. The molecule has 1 unspecified atom stereocenters. The first-order chi connectivity index (χ1) is 8.22. The number of aliphatic carboxylic acids is 1. The average Bonchev–Trinajstić information content (AvgIpc) is 2.22. The fraction of sp³-hybridized carbons (Fsp3) is 0.417. The zero-order valence-corrected chi connectivity index (χ0v) is 11.0. The standard InChI is InChI=1S/C12H15FO4S/c1-8-3-4-11(13)6-10(8)7-18(16,17)9(2)5-12(14)15/h3-4,6,9H,5,7H2,1-2H3,(H,14,15). The number of carboxylic acids is 1. The molecule has 0 saturated carbocycles. The van der Waals surface area contributed by atoms with Crippen molar-refractivity contribution >= 4 is 15.8 Å². The molecule has 4 nitrogen and oxygen atoms in total. The van der Waals surface area contributed by atoms with Gasteiger partial charge in [0.25, 0.3) is 0 Å². The Hall–Kier alpha value is -1.43. The van der Waals surface area contributed by atoms with Gasteiger partial charge in [0, 0.05) is 0 Å². The molecule has 1 aromatic carbocycles. The largest absolute Gasteiger partial charge is 0.481 e. The quantitative estimate of drug-likeness (QED) is 0.890. The van der Waals surface area contributed by atoms with Crippen LogP contribution in [0.25, 0.3) is 0 Å². The van der Waals surface area contributed by atoms with Gasteiger partial charge >= 0.3 is 5.97 Å². The molecule has 0 saturated heterocycles. The summed E-state index contributed by atoms with van der Waals surface area (Å²) in [7, 11) is -3.60. The molecule has 6 heteroatoms. The molecule has 0 aliphatic heterocycles. The Bertz CT molecular complexity index is 551. The maximum absolute atomic E-state index is 13.0. The van der Waals surface area contributed by atoms with Crippen molar-refractivity contribution in [2.24, 2.45) is 0 Å². The van der Waals surface area contributed by atoms with Gasteiger partial charge in [-0.2, -0.15) is 0 Å². The molecule has 1 aromatic rings. The van der Waals surface area contributed by atoms with Crippen LogP contribution >= 0.6 is 0 Å². The summed E-state index contributed by atoms with van der Waals surface area (Å²) in [6, 6.07) is 3.93. The Morgan fingerprint density at radius 1 is 1.44 bits per heavy atom. The third-order valence-electron chi connectivity index (χ3n) is 2.74. The van der Waals surface area contributed by atoms with E-state index in [1.54, 1.807) is 6.92 Å². The second-order valence-electron chi connectivity index (χ2n) is 4.29. The van der Waals surface area contributed by atoms with Crippen LogP contribution < -0.4 is 0 Å². The minimum absolute atomic E-state index is 0.342. The summed E-state index contributed by atoms with van der Waals surface area (Å²) in [6.45, 7) is 3.03. The van der Waals surface area contributed by atoms with Crippen molar-refractivity contribution in [3.8, 4) is 0 Å². The number of carbonyl (C=O) groups is 1. The summed E-state index contributed by atoms with van der Waals surface area (Å²) < 4.78 is 36.9. The van der Waals surface area contributed by atoms with Gasteiger partial charge in [-0.25, -0.2) is 12.8 Å². The fourth-order valence-electron chi connectivity index (χ4n) is 1.53. The zero-order chi connectivity index (χ0) is 13.9. The van der Waals surface area contributed by atoms with Crippen LogP contribution in [0.1, 0.15) is 24.5 Å². The van der Waals surface area contributed by atoms with E-state index in [0.717, 1.165) is 0 Å². The zero-order valence-electron chi connectivity index (χ0n) is 10.2. The lowest BCUT2D eigenvalue weighted by atomic mass is 10.1. The van der Waals surface area contributed by atoms with Crippen molar-refractivity contribution in [1.82, 2.24) is 0 Å². The molecule has 0 heterocycles. The van der Waals surface area contributed by atoms with E-state index in [-0.39, 0.29) is 5.75 Å². The molecule has 1 atom stereocenters. The third-order valence-corrected chi connectivity index (χ3v) is 4.85. The Labute approximate surface area is 105 Å². The fourth-order valence-corrected chi connectivity index (χ4v) is 2.95. The molecule has 0 amide bonds. The molecule has 0 aromatic heterocycles. The molecule has 1 rings (SSSR count). The normalized spacial score (nSPS) is 13.3. The third kappa shape index (κ3) is 3.80. The Balaban J connectivity index is 2.95. The molecule has 0 radical (unpaired) electrons. The number of rotatable bonds is 5. The van der Waals surface area contributed by atoms with Crippen molar-refractivity contribution in [3.63, 3.8) is 0 Å². The highest BCUT2D eigenvalue weighted by Gasteiger charge is 2.24. The van der Waals surface area contributed by atoms with Crippen molar-refractivity contribution in [1.29, 1.82) is 0 Å². The van der Waals surface area contributed by atoms with E-state index in [4.69, 9.17) is 5.11 Å². The minimum Gasteiger partial charge on any atom is -0.481 e. The molecular formula is C12H15FO4S. The van der Waals surface area contributed by atoms with Crippen LogP contribution in [-0.4, -0.2) is 24.7 Å². The van der Waals surface area contributed by atoms with E-state index in [9.17, 15) is 17.6 Å². The average molecular weight is 274 g/mol. The molecule has 100 valence electrons. The van der Waals surface area contributed by atoms with Gasteiger partial charge in [0.2, 0.25) is 0 Å². The summed E-state index contributed by atoms with van der Waals surface area (Å²) in [5, 5.41) is 7.60. The highest BCUT2D eigenvalue weighted by molar-refractivity contribution is 7.91. The van der Waals surface area contributed by atoms with E-state index in [1.165, 1.54) is 25.1 Å². The summed E-state index contributed by atoms with van der Waals surface area (Å²) in [5.74, 6) is -2.01. The highest BCUT2D eigenvalue weighted by atomic mass is 32.2. The van der Waals surface area contributed by atoms with Crippen molar-refractivity contribution < 1.29 is 22.7 Å². The van der Waals surface area contributed by atoms with Gasteiger partial charge in [0.1, 0.15) is 5.82 Å². The number of hydrogen-bond acceptors (Lipinski definition) is 3. The summed E-state index contributed by atoms with van der Waals surface area (Å²) in [4.78, 5) is 10.5. The van der Waals surface area contributed by atoms with Gasteiger partial charge in [-0.05, 0) is 37.1 Å². The number of sulfone groups is 1. The van der Waals surface area contributed by atoms with Gasteiger partial charge in [-0.15, -0.1) is 0 Å². The Kier molecular flexibility index (Phi) is 4.45. The first-order valence-corrected chi connectivity index (χ1v) is 7.12. The minimum atomic E-state index is -3.60. The number of carboxylic acid groups (broad SMARTS) is 1. The van der Waals surface area contributed by atoms with Gasteiger partial charge in [0.05, 0.1) is 17.4 Å². The van der Waals surface area contributed by atoms with Crippen LogP contribution in [0.2, 0.25) is 0 Å². The predicted octanol–water partition coefficient (Wildman–Crippen LogP) is 1.91. The molecule has 0 aliphatic carbocycles. The second-order valence-corrected chi connectivity index (χ2v) is 6.71. The Morgan fingerprint density at radius 2 is 2.06 bits per heavy atom. The van der Waals surface area contributed by atoms with Gasteiger partial charge in [-0.1, -0.05) is 6.07 Å². The van der Waals surface area contributed by atoms with Gasteiger partial charge in [0.15, 0.2) is 9.84 Å². The summed E-state index contributed by atoms with van der Waals surface area (Å²) in [6.07, 6.45) is -0.448. The molecule has 18 heavy (non-hydrogen) atoms. The van der Waals surface area contributed by atoms with Crippen molar-refractivity contribution in [2.45, 2.75) is 31.3 Å². The SMILES string of the molecule is Cc1ccc(F)cc1CS(=O)(=O)C(C)CC(=O)O. The first-order valence-electron chi connectivity index (χ1n) is 5.41. The number of halogens is 1. The maximum Gasteiger partial charge on any atom is 0.304 e. The van der Waals surface area contributed by atoms with Gasteiger partial charge < -0.3 is 5.11 Å². The molecule has 0 aliphatic rings. The van der Waals surface area contributed by atoms with Crippen LogP contribution in [0.3, 0.4) is 0 Å². The molecule has 0 spiro atoms. The van der Waals surface area contributed by atoms with Crippen molar-refractivity contribution in [2.75, 3.05) is 0 Å². The second kappa shape index (κ2) is 5.48. The number of aryl methyl sites for hydroxylation is 1. The lowest BCUT2D eigenvalue weighted by Crippen LogP contribution is -2.23. The predicted molar refractivity (Wildman–Crippen MR) is 65.5 cm³/mol. The molecule has 0 fully saturated rings. The van der Waals surface area contributed by atoms with Gasteiger partial charge in [-0.3, -0.25) is 4.79 Å². The number of hydrogen-bond donors (Lipinski definition) is 1. The lowest BCUT2D eigenvalue weighted by molar-refractivity contribution is -0.136. The van der Waals surface area contributed by atoms with E-state index in [1.807, 2.05) is 0 Å².